The van der Waals surface area contributed by atoms with E-state index in [0.29, 0.717) is 6.54 Å². The van der Waals surface area contributed by atoms with Gasteiger partial charge in [0, 0.05) is 31.1 Å². The number of nitrogens with one attached hydrogen (secondary N) is 1. The first-order valence-electron chi connectivity index (χ1n) is 8.95. The normalized spacial score (nSPS) is 24.3. The predicted molar refractivity (Wildman–Crippen MR) is 93.2 cm³/mol. The number of ether oxygens (including phenoxy) is 1. The minimum absolute atomic E-state index is 0.165. The van der Waals surface area contributed by atoms with E-state index in [4.69, 9.17) is 0 Å². The molecule has 3 atom stereocenters. The molecule has 2 fully saturated rings. The van der Waals surface area contributed by atoms with Crippen LogP contribution < -0.4 is 10.1 Å². The maximum Gasteiger partial charge on any atom is 0.573 e. The number of fused-ring (bicyclic) bond motifs is 1. The Kier molecular flexibility index (Phi) is 4.74. The number of hydrogen-bond donors (Lipinski definition) is 1. The minimum Gasteiger partial charge on any atom is -0.406 e. The SMILES string of the molecule is O=C(c1ccc(OC(F)(F)F)cc1)N1C[C@@H]2CNC[C@@H]2[C@H]1c1cccc(F)c1. The standard InChI is InChI=1S/C20H18F4N2O2/c21-15-3-1-2-13(8-15)18-17-10-25-9-14(17)11-26(18)19(27)12-4-6-16(7-5-12)28-20(22,23)24/h1-8,14,17-18,25H,9-11H2/t14-,17-,18+/m0/s1. The van der Waals surface area contributed by atoms with Crippen LogP contribution in [-0.2, 0) is 0 Å². The van der Waals surface area contributed by atoms with Crippen LogP contribution in [-0.4, -0.2) is 36.8 Å². The highest BCUT2D eigenvalue weighted by atomic mass is 19.4. The lowest BCUT2D eigenvalue weighted by molar-refractivity contribution is -0.274. The van der Waals surface area contributed by atoms with Crippen molar-refractivity contribution in [1.82, 2.24) is 10.2 Å². The van der Waals surface area contributed by atoms with Gasteiger partial charge in [0.2, 0.25) is 0 Å². The molecule has 1 amide bonds. The summed E-state index contributed by atoms with van der Waals surface area (Å²) in [5, 5.41) is 3.31. The van der Waals surface area contributed by atoms with Crippen molar-refractivity contribution in [3.05, 3.63) is 65.5 Å². The molecule has 2 heterocycles. The van der Waals surface area contributed by atoms with Crippen LogP contribution in [0.3, 0.4) is 0 Å². The van der Waals surface area contributed by atoms with E-state index < -0.39 is 6.36 Å². The van der Waals surface area contributed by atoms with Crippen molar-refractivity contribution in [3.63, 3.8) is 0 Å². The zero-order valence-electron chi connectivity index (χ0n) is 14.7. The fraction of sp³-hybridized carbons (Fsp3) is 0.350. The molecule has 4 rings (SSSR count). The molecule has 0 saturated carbocycles. The number of nitrogens with zero attached hydrogens (tertiary/aromatic N) is 1. The molecule has 2 aliphatic rings. The molecule has 4 nitrogen and oxygen atoms in total. The molecule has 0 aromatic heterocycles. The molecule has 2 aromatic rings. The quantitative estimate of drug-likeness (QED) is 0.807. The molecule has 28 heavy (non-hydrogen) atoms. The molecule has 2 aromatic carbocycles. The second-order valence-corrected chi connectivity index (χ2v) is 7.11. The fourth-order valence-corrected chi connectivity index (χ4v) is 4.21. The number of benzene rings is 2. The predicted octanol–water partition coefficient (Wildman–Crippen LogP) is 3.76. The van der Waals surface area contributed by atoms with Crippen LogP contribution in [0.1, 0.15) is 22.0 Å². The maximum absolute atomic E-state index is 13.8. The fourth-order valence-electron chi connectivity index (χ4n) is 4.21. The molecule has 2 aliphatic heterocycles. The maximum atomic E-state index is 13.8. The van der Waals surface area contributed by atoms with Gasteiger partial charge in [-0.1, -0.05) is 12.1 Å². The number of alkyl halides is 3. The molecule has 8 heteroatoms. The molecular weight excluding hydrogens is 376 g/mol. The number of rotatable bonds is 3. The van der Waals surface area contributed by atoms with Crippen LogP contribution in [0.25, 0.3) is 0 Å². The van der Waals surface area contributed by atoms with E-state index in [2.05, 4.69) is 10.1 Å². The molecular formula is C20H18F4N2O2. The van der Waals surface area contributed by atoms with Gasteiger partial charge >= 0.3 is 6.36 Å². The zero-order valence-corrected chi connectivity index (χ0v) is 14.7. The summed E-state index contributed by atoms with van der Waals surface area (Å²) in [7, 11) is 0. The van der Waals surface area contributed by atoms with Gasteiger partial charge in [0.05, 0.1) is 6.04 Å². The Labute approximate surface area is 159 Å². The van der Waals surface area contributed by atoms with Crippen LogP contribution in [0.15, 0.2) is 48.5 Å². The molecule has 0 spiro atoms. The molecule has 0 aliphatic carbocycles. The number of amides is 1. The second kappa shape index (κ2) is 7.09. The van der Waals surface area contributed by atoms with Crippen molar-refractivity contribution >= 4 is 5.91 Å². The van der Waals surface area contributed by atoms with Gasteiger partial charge < -0.3 is 15.0 Å². The third kappa shape index (κ3) is 3.69. The zero-order chi connectivity index (χ0) is 19.9. The first kappa shape index (κ1) is 18.7. The molecule has 0 radical (unpaired) electrons. The highest BCUT2D eigenvalue weighted by Crippen LogP contribution is 2.43. The summed E-state index contributed by atoms with van der Waals surface area (Å²) in [5.74, 6) is -0.618. The van der Waals surface area contributed by atoms with Crippen molar-refractivity contribution in [3.8, 4) is 5.75 Å². The first-order chi connectivity index (χ1) is 13.3. The van der Waals surface area contributed by atoms with E-state index >= 15 is 0 Å². The lowest BCUT2D eigenvalue weighted by Gasteiger charge is -2.28. The van der Waals surface area contributed by atoms with Crippen LogP contribution >= 0.6 is 0 Å². The van der Waals surface area contributed by atoms with E-state index in [-0.39, 0.29) is 40.9 Å². The van der Waals surface area contributed by atoms with Crippen molar-refractivity contribution in [2.45, 2.75) is 12.4 Å². The monoisotopic (exact) mass is 394 g/mol. The number of carbonyl (C=O) groups excluding carboxylic acids is 1. The summed E-state index contributed by atoms with van der Waals surface area (Å²) < 4.78 is 54.6. The van der Waals surface area contributed by atoms with Gasteiger partial charge in [-0.25, -0.2) is 4.39 Å². The second-order valence-electron chi connectivity index (χ2n) is 7.11. The van der Waals surface area contributed by atoms with Gasteiger partial charge in [-0.2, -0.15) is 0 Å². The van der Waals surface area contributed by atoms with E-state index in [1.807, 2.05) is 0 Å². The van der Waals surface area contributed by atoms with Crippen molar-refractivity contribution in [2.24, 2.45) is 11.8 Å². The summed E-state index contributed by atoms with van der Waals surface area (Å²) >= 11 is 0. The Morgan fingerprint density at radius 3 is 2.54 bits per heavy atom. The number of hydrogen-bond acceptors (Lipinski definition) is 3. The van der Waals surface area contributed by atoms with Crippen molar-refractivity contribution in [2.75, 3.05) is 19.6 Å². The van der Waals surface area contributed by atoms with E-state index in [1.54, 1.807) is 17.0 Å². The summed E-state index contributed by atoms with van der Waals surface area (Å²) in [5.41, 5.74) is 0.991. The summed E-state index contributed by atoms with van der Waals surface area (Å²) in [6.45, 7) is 2.02. The lowest BCUT2D eigenvalue weighted by Crippen LogP contribution is -2.34. The Bertz CT molecular complexity index is 869. The third-order valence-corrected chi connectivity index (χ3v) is 5.35. The van der Waals surface area contributed by atoms with E-state index in [0.717, 1.165) is 30.8 Å². The largest absolute Gasteiger partial charge is 0.573 e. The molecule has 0 bridgehead atoms. The topological polar surface area (TPSA) is 41.6 Å². The van der Waals surface area contributed by atoms with Crippen molar-refractivity contribution < 1.29 is 27.1 Å². The average molecular weight is 394 g/mol. The minimum atomic E-state index is -4.78. The van der Waals surface area contributed by atoms with Crippen LogP contribution in [0.2, 0.25) is 0 Å². The van der Waals surface area contributed by atoms with Crippen LogP contribution in [0.4, 0.5) is 17.6 Å². The van der Waals surface area contributed by atoms with Crippen molar-refractivity contribution in [1.29, 1.82) is 0 Å². The number of carbonyl (C=O) groups is 1. The van der Waals surface area contributed by atoms with Gasteiger partial charge in [-0.3, -0.25) is 4.79 Å². The highest BCUT2D eigenvalue weighted by molar-refractivity contribution is 5.95. The smallest absolute Gasteiger partial charge is 0.406 e. The Morgan fingerprint density at radius 1 is 1.11 bits per heavy atom. The summed E-state index contributed by atoms with van der Waals surface area (Å²) in [6, 6.07) is 10.8. The Morgan fingerprint density at radius 2 is 1.86 bits per heavy atom. The van der Waals surface area contributed by atoms with Crippen LogP contribution in [0.5, 0.6) is 5.75 Å². The van der Waals surface area contributed by atoms with Gasteiger partial charge in [0.1, 0.15) is 11.6 Å². The van der Waals surface area contributed by atoms with Crippen LogP contribution in [0, 0.1) is 17.7 Å². The number of likely N-dealkylation sites (tertiary alicyclic amines) is 1. The molecule has 2 saturated heterocycles. The van der Waals surface area contributed by atoms with Gasteiger partial charge in [0.15, 0.2) is 0 Å². The van der Waals surface area contributed by atoms with Gasteiger partial charge in [-0.05, 0) is 47.9 Å². The molecule has 1 N–H and O–H groups in total. The van der Waals surface area contributed by atoms with E-state index in [1.165, 1.54) is 24.3 Å². The molecule has 0 unspecified atom stereocenters. The highest BCUT2D eigenvalue weighted by Gasteiger charge is 2.47. The van der Waals surface area contributed by atoms with Gasteiger partial charge in [0.25, 0.3) is 5.91 Å². The summed E-state index contributed by atoms with van der Waals surface area (Å²) in [6.07, 6.45) is -4.78. The lowest BCUT2D eigenvalue weighted by atomic mass is 9.89. The van der Waals surface area contributed by atoms with E-state index in [9.17, 15) is 22.4 Å². The number of halogens is 4. The first-order valence-corrected chi connectivity index (χ1v) is 8.95. The third-order valence-electron chi connectivity index (χ3n) is 5.35. The summed E-state index contributed by atoms with van der Waals surface area (Å²) in [4.78, 5) is 14.8. The Balaban J connectivity index is 1.60. The Hall–Kier alpha value is -2.61. The molecule has 148 valence electrons. The average Bonchev–Trinajstić information content (AvgIpc) is 3.21. The van der Waals surface area contributed by atoms with Gasteiger partial charge in [-0.15, -0.1) is 13.2 Å².